The quantitative estimate of drug-likeness (QED) is 0.776. The maximum absolute atomic E-state index is 13.4. The molecule has 6 nitrogen and oxygen atoms in total. The molecule has 1 aromatic carbocycles. The smallest absolute Gasteiger partial charge is 0.261 e. The van der Waals surface area contributed by atoms with Crippen molar-refractivity contribution in [3.8, 4) is 0 Å². The van der Waals surface area contributed by atoms with Gasteiger partial charge in [-0.15, -0.1) is 5.10 Å². The number of nitrogens with one attached hydrogen (secondary N) is 1. The van der Waals surface area contributed by atoms with Gasteiger partial charge in [-0.2, -0.15) is 5.10 Å². The van der Waals surface area contributed by atoms with Crippen LogP contribution in [0.15, 0.2) is 24.5 Å². The Labute approximate surface area is 99.9 Å². The molecule has 0 unspecified atom stereocenters. The van der Waals surface area contributed by atoms with Crippen LogP contribution in [0.3, 0.4) is 0 Å². The summed E-state index contributed by atoms with van der Waals surface area (Å²) in [6, 6.07) is 1.44. The largest absolute Gasteiger partial charge is 0.396 e. The number of nitrogens with zero attached hydrogens (tertiary/aromatic N) is 3. The SMILES string of the molecule is Nc1cc(C(=O)Nc2nccnn2)c(F)cc1F. The van der Waals surface area contributed by atoms with E-state index in [2.05, 4.69) is 20.5 Å². The fourth-order valence-corrected chi connectivity index (χ4v) is 1.21. The van der Waals surface area contributed by atoms with Crippen LogP contribution in [-0.4, -0.2) is 21.1 Å². The molecule has 2 aromatic rings. The molecule has 3 N–H and O–H groups in total. The molecule has 8 heteroatoms. The van der Waals surface area contributed by atoms with E-state index in [0.29, 0.717) is 6.07 Å². The van der Waals surface area contributed by atoms with Crippen LogP contribution in [0.5, 0.6) is 0 Å². The van der Waals surface area contributed by atoms with Gasteiger partial charge in [0.1, 0.15) is 11.6 Å². The van der Waals surface area contributed by atoms with Gasteiger partial charge in [0.05, 0.1) is 23.6 Å². The van der Waals surface area contributed by atoms with Crippen LogP contribution in [-0.2, 0) is 0 Å². The van der Waals surface area contributed by atoms with Gasteiger partial charge in [0.25, 0.3) is 5.91 Å². The number of amides is 1. The number of hydrogen-bond donors (Lipinski definition) is 2. The summed E-state index contributed by atoms with van der Waals surface area (Å²) in [5.41, 5.74) is 4.53. The third kappa shape index (κ3) is 2.37. The second kappa shape index (κ2) is 4.70. The Morgan fingerprint density at radius 3 is 2.67 bits per heavy atom. The monoisotopic (exact) mass is 251 g/mol. The molecule has 0 bridgehead atoms. The fourth-order valence-electron chi connectivity index (χ4n) is 1.21. The maximum atomic E-state index is 13.4. The standard InChI is InChI=1S/C10H7F2N5O/c11-6-4-7(12)8(13)3-5(6)9(18)16-10-14-1-2-15-17-10/h1-4H,13H2,(H,14,16,17,18). The lowest BCUT2D eigenvalue weighted by atomic mass is 10.1. The molecular weight excluding hydrogens is 244 g/mol. The Balaban J connectivity index is 2.27. The first-order valence-corrected chi connectivity index (χ1v) is 4.77. The van der Waals surface area contributed by atoms with Crippen molar-refractivity contribution in [2.24, 2.45) is 0 Å². The van der Waals surface area contributed by atoms with Crippen molar-refractivity contribution >= 4 is 17.5 Å². The Hall–Kier alpha value is -2.64. The Morgan fingerprint density at radius 1 is 1.22 bits per heavy atom. The maximum Gasteiger partial charge on any atom is 0.261 e. The first-order valence-electron chi connectivity index (χ1n) is 4.77. The Bertz CT molecular complexity index is 590. The number of aromatic nitrogens is 3. The zero-order chi connectivity index (χ0) is 13.1. The summed E-state index contributed by atoms with van der Waals surface area (Å²) in [6.45, 7) is 0. The normalized spacial score (nSPS) is 10.1. The lowest BCUT2D eigenvalue weighted by Gasteiger charge is -2.05. The summed E-state index contributed by atoms with van der Waals surface area (Å²) < 4.78 is 26.3. The molecule has 1 heterocycles. The van der Waals surface area contributed by atoms with Gasteiger partial charge in [0.15, 0.2) is 0 Å². The number of nitrogen functional groups attached to an aromatic ring is 1. The lowest BCUT2D eigenvalue weighted by molar-refractivity contribution is 0.102. The minimum atomic E-state index is -1.02. The van der Waals surface area contributed by atoms with Crippen LogP contribution >= 0.6 is 0 Å². The first-order chi connectivity index (χ1) is 8.58. The molecule has 0 aliphatic heterocycles. The van der Waals surface area contributed by atoms with Gasteiger partial charge >= 0.3 is 0 Å². The van der Waals surface area contributed by atoms with Crippen molar-refractivity contribution < 1.29 is 13.6 Å². The number of rotatable bonds is 2. The molecular formula is C10H7F2N5O. The van der Waals surface area contributed by atoms with Crippen LogP contribution in [0.25, 0.3) is 0 Å². The molecule has 18 heavy (non-hydrogen) atoms. The van der Waals surface area contributed by atoms with E-state index in [4.69, 9.17) is 5.73 Å². The summed E-state index contributed by atoms with van der Waals surface area (Å²) >= 11 is 0. The Morgan fingerprint density at radius 2 is 2.00 bits per heavy atom. The van der Waals surface area contributed by atoms with E-state index in [1.54, 1.807) is 0 Å². The van der Waals surface area contributed by atoms with E-state index in [-0.39, 0.29) is 11.6 Å². The summed E-state index contributed by atoms with van der Waals surface area (Å²) in [5.74, 6) is -2.89. The van der Waals surface area contributed by atoms with Crippen molar-refractivity contribution in [2.75, 3.05) is 11.1 Å². The number of halogens is 2. The van der Waals surface area contributed by atoms with Crippen molar-refractivity contribution in [1.29, 1.82) is 0 Å². The highest BCUT2D eigenvalue weighted by Gasteiger charge is 2.15. The van der Waals surface area contributed by atoms with E-state index >= 15 is 0 Å². The molecule has 92 valence electrons. The van der Waals surface area contributed by atoms with Gasteiger partial charge in [0, 0.05) is 6.07 Å². The molecule has 0 atom stereocenters. The predicted octanol–water partition coefficient (Wildman–Crippen LogP) is 0.984. The average Bonchev–Trinajstić information content (AvgIpc) is 2.35. The molecule has 2 rings (SSSR count). The molecule has 0 saturated heterocycles. The van der Waals surface area contributed by atoms with Crippen LogP contribution in [0.1, 0.15) is 10.4 Å². The molecule has 0 saturated carbocycles. The van der Waals surface area contributed by atoms with Crippen LogP contribution in [0, 0.1) is 11.6 Å². The molecule has 1 amide bonds. The van der Waals surface area contributed by atoms with Crippen LogP contribution < -0.4 is 11.1 Å². The molecule has 0 radical (unpaired) electrons. The van der Waals surface area contributed by atoms with Crippen LogP contribution in [0.2, 0.25) is 0 Å². The van der Waals surface area contributed by atoms with Gasteiger partial charge in [-0.1, -0.05) is 0 Å². The number of anilines is 2. The minimum Gasteiger partial charge on any atom is -0.396 e. The zero-order valence-corrected chi connectivity index (χ0v) is 8.89. The van der Waals surface area contributed by atoms with Gasteiger partial charge in [-0.3, -0.25) is 10.1 Å². The lowest BCUT2D eigenvalue weighted by Crippen LogP contribution is -2.16. The number of benzene rings is 1. The van der Waals surface area contributed by atoms with Crippen molar-refractivity contribution in [1.82, 2.24) is 15.2 Å². The highest BCUT2D eigenvalue weighted by Crippen LogP contribution is 2.17. The van der Waals surface area contributed by atoms with Gasteiger partial charge in [-0.25, -0.2) is 13.8 Å². The fraction of sp³-hybridized carbons (Fsp3) is 0. The van der Waals surface area contributed by atoms with Crippen molar-refractivity contribution in [2.45, 2.75) is 0 Å². The number of hydrogen-bond acceptors (Lipinski definition) is 5. The average molecular weight is 251 g/mol. The molecule has 0 aliphatic rings. The predicted molar refractivity (Wildman–Crippen MR) is 58.6 cm³/mol. The second-order valence-corrected chi connectivity index (χ2v) is 3.27. The number of nitrogens with two attached hydrogens (primary N) is 1. The van der Waals surface area contributed by atoms with Crippen molar-refractivity contribution in [3.63, 3.8) is 0 Å². The van der Waals surface area contributed by atoms with E-state index in [1.165, 1.54) is 12.4 Å². The van der Waals surface area contributed by atoms with Gasteiger partial charge in [-0.05, 0) is 6.07 Å². The molecule has 0 fully saturated rings. The number of carbonyl (C=O) groups is 1. The van der Waals surface area contributed by atoms with Gasteiger partial charge in [0.2, 0.25) is 5.95 Å². The highest BCUT2D eigenvalue weighted by atomic mass is 19.1. The topological polar surface area (TPSA) is 93.8 Å². The summed E-state index contributed by atoms with van der Waals surface area (Å²) in [6.07, 6.45) is 2.62. The van der Waals surface area contributed by atoms with E-state index < -0.39 is 23.1 Å². The van der Waals surface area contributed by atoms with E-state index in [9.17, 15) is 13.6 Å². The third-order valence-corrected chi connectivity index (χ3v) is 2.04. The first kappa shape index (κ1) is 11.8. The highest BCUT2D eigenvalue weighted by molar-refractivity contribution is 6.04. The van der Waals surface area contributed by atoms with E-state index in [1.807, 2.05) is 0 Å². The summed E-state index contributed by atoms with van der Waals surface area (Å²) in [5, 5.41) is 9.18. The van der Waals surface area contributed by atoms with E-state index in [0.717, 1.165) is 6.07 Å². The minimum absolute atomic E-state index is 0.0928. The second-order valence-electron chi connectivity index (χ2n) is 3.27. The Kier molecular flexibility index (Phi) is 3.09. The van der Waals surface area contributed by atoms with Crippen LogP contribution in [0.4, 0.5) is 20.4 Å². The van der Waals surface area contributed by atoms with Gasteiger partial charge < -0.3 is 5.73 Å². The summed E-state index contributed by atoms with van der Waals surface area (Å²) in [7, 11) is 0. The molecule has 0 aliphatic carbocycles. The third-order valence-electron chi connectivity index (χ3n) is 2.04. The molecule has 1 aromatic heterocycles. The molecule has 0 spiro atoms. The number of carbonyl (C=O) groups excluding carboxylic acids is 1. The summed E-state index contributed by atoms with van der Waals surface area (Å²) in [4.78, 5) is 15.3. The van der Waals surface area contributed by atoms with Crippen molar-refractivity contribution in [3.05, 3.63) is 41.7 Å². The zero-order valence-electron chi connectivity index (χ0n) is 8.89.